The highest BCUT2D eigenvalue weighted by Gasteiger charge is 2.28. The maximum atomic E-state index is 13.2. The second kappa shape index (κ2) is 11.0. The van der Waals surface area contributed by atoms with Crippen molar-refractivity contribution in [3.63, 3.8) is 0 Å². The molecule has 1 aliphatic rings. The third-order valence-electron chi connectivity index (χ3n) is 6.70. The number of benzene rings is 3. The van der Waals surface area contributed by atoms with E-state index in [4.69, 9.17) is 11.6 Å². The zero-order valence-corrected chi connectivity index (χ0v) is 24.7. The van der Waals surface area contributed by atoms with Gasteiger partial charge in [-0.25, -0.2) is 0 Å². The minimum Gasteiger partial charge on any atom is -0.360 e. The van der Waals surface area contributed by atoms with E-state index in [1.54, 1.807) is 23.1 Å². The summed E-state index contributed by atoms with van der Waals surface area (Å²) < 4.78 is 3.48. The van der Waals surface area contributed by atoms with Crippen LogP contribution in [0.5, 0.6) is 0 Å². The van der Waals surface area contributed by atoms with Crippen LogP contribution < -0.4 is 19.7 Å². The third-order valence-corrected chi connectivity index (χ3v) is 9.21. The first-order valence-corrected chi connectivity index (χ1v) is 14.7. The number of thiazole rings is 1. The van der Waals surface area contributed by atoms with E-state index in [9.17, 15) is 4.79 Å². The number of carbonyl (C=O) groups excluding carboxylic acids is 1. The second-order valence-electron chi connectivity index (χ2n) is 9.91. The SMILES string of the molecule is Cc1ccc(N(CC(=O)NCN2C(=Cc3sc4ccc(C)cc4[n+]3C)Sc3ccc(Cl)cc32)C(C)C)cc1. The van der Waals surface area contributed by atoms with Crippen LogP contribution in [0.4, 0.5) is 11.4 Å². The van der Waals surface area contributed by atoms with Gasteiger partial charge in [-0.1, -0.05) is 58.5 Å². The van der Waals surface area contributed by atoms with Crippen molar-refractivity contribution in [2.45, 2.75) is 38.6 Å². The highest BCUT2D eigenvalue weighted by atomic mass is 35.5. The van der Waals surface area contributed by atoms with E-state index >= 15 is 0 Å². The minimum atomic E-state index is -0.0259. The van der Waals surface area contributed by atoms with Crippen LogP contribution in [-0.4, -0.2) is 25.2 Å². The number of hydrogen-bond acceptors (Lipinski definition) is 5. The number of nitrogens with one attached hydrogen (secondary N) is 1. The molecule has 1 N–H and O–H groups in total. The summed E-state index contributed by atoms with van der Waals surface area (Å²) in [6, 6.07) is 21.0. The smallest absolute Gasteiger partial charge is 0.265 e. The first-order valence-electron chi connectivity index (χ1n) is 12.7. The molecule has 0 saturated carbocycles. The van der Waals surface area contributed by atoms with Gasteiger partial charge in [0.05, 0.1) is 30.0 Å². The second-order valence-corrected chi connectivity index (χ2v) is 12.5. The van der Waals surface area contributed by atoms with Crippen LogP contribution in [-0.2, 0) is 11.8 Å². The van der Waals surface area contributed by atoms with Gasteiger partial charge >= 0.3 is 0 Å². The Morgan fingerprint density at radius 3 is 2.55 bits per heavy atom. The monoisotopic (exact) mass is 563 g/mol. The van der Waals surface area contributed by atoms with E-state index < -0.39 is 0 Å². The Bertz CT molecular complexity index is 1530. The lowest BCUT2D eigenvalue weighted by Crippen LogP contribution is -2.44. The van der Waals surface area contributed by atoms with Crippen LogP contribution in [0.25, 0.3) is 16.3 Å². The van der Waals surface area contributed by atoms with Crippen LogP contribution in [0.1, 0.15) is 30.0 Å². The lowest BCUT2D eigenvalue weighted by Gasteiger charge is -2.29. The van der Waals surface area contributed by atoms with Crippen LogP contribution in [0.15, 0.2) is 70.6 Å². The van der Waals surface area contributed by atoms with Gasteiger partial charge in [0.2, 0.25) is 11.4 Å². The molecular weight excluding hydrogens is 532 g/mol. The summed E-state index contributed by atoms with van der Waals surface area (Å²) in [7, 11) is 2.10. The Balaban J connectivity index is 1.39. The van der Waals surface area contributed by atoms with Gasteiger partial charge in [-0.15, -0.1) is 0 Å². The van der Waals surface area contributed by atoms with Gasteiger partial charge in [-0.2, -0.15) is 4.57 Å². The molecule has 0 unspecified atom stereocenters. The summed E-state index contributed by atoms with van der Waals surface area (Å²) in [4.78, 5) is 18.6. The van der Waals surface area contributed by atoms with E-state index in [2.05, 4.69) is 103 Å². The van der Waals surface area contributed by atoms with Crippen molar-refractivity contribution in [3.05, 3.63) is 86.8 Å². The number of rotatable bonds is 7. The molecule has 4 aromatic rings. The number of nitrogens with zero attached hydrogens (tertiary/aromatic N) is 3. The number of thioether (sulfide) groups is 1. The molecule has 3 aromatic carbocycles. The molecule has 38 heavy (non-hydrogen) atoms. The van der Waals surface area contributed by atoms with Crippen molar-refractivity contribution in [2.75, 3.05) is 23.0 Å². The van der Waals surface area contributed by atoms with Crippen molar-refractivity contribution >= 4 is 68.3 Å². The molecule has 0 radical (unpaired) electrons. The van der Waals surface area contributed by atoms with Gasteiger partial charge < -0.3 is 15.1 Å². The molecule has 196 valence electrons. The molecule has 0 bridgehead atoms. The molecular formula is C30H32ClN4OS2+. The number of aryl methyl sites for hydroxylation is 3. The summed E-state index contributed by atoms with van der Waals surface area (Å²) in [5, 5.41) is 6.04. The Morgan fingerprint density at radius 1 is 1.08 bits per heavy atom. The van der Waals surface area contributed by atoms with Crippen LogP contribution in [0.2, 0.25) is 5.02 Å². The molecule has 2 heterocycles. The summed E-state index contributed by atoms with van der Waals surface area (Å²) >= 11 is 9.85. The number of aromatic nitrogens is 1. The zero-order chi connectivity index (χ0) is 27.0. The zero-order valence-electron chi connectivity index (χ0n) is 22.3. The third kappa shape index (κ3) is 5.55. The van der Waals surface area contributed by atoms with Crippen LogP contribution in [0.3, 0.4) is 0 Å². The fraction of sp³-hybridized carbons (Fsp3) is 0.267. The highest BCUT2D eigenvalue weighted by molar-refractivity contribution is 8.03. The molecule has 1 aliphatic heterocycles. The molecule has 1 aromatic heterocycles. The number of amides is 1. The molecule has 0 fully saturated rings. The molecule has 0 spiro atoms. The molecule has 5 nitrogen and oxygen atoms in total. The molecule has 1 amide bonds. The Labute approximate surface area is 237 Å². The lowest BCUT2D eigenvalue weighted by molar-refractivity contribution is -0.642. The number of carbonyl (C=O) groups is 1. The fourth-order valence-corrected chi connectivity index (χ4v) is 6.93. The summed E-state index contributed by atoms with van der Waals surface area (Å²) in [6.07, 6.45) is 2.21. The molecule has 0 atom stereocenters. The van der Waals surface area contributed by atoms with Crippen LogP contribution in [0, 0.1) is 13.8 Å². The largest absolute Gasteiger partial charge is 0.360 e. The van der Waals surface area contributed by atoms with Crippen molar-refractivity contribution in [2.24, 2.45) is 7.05 Å². The fourth-order valence-electron chi connectivity index (χ4n) is 4.54. The average Bonchev–Trinajstić information content (AvgIpc) is 3.38. The van der Waals surface area contributed by atoms with Crippen molar-refractivity contribution in [3.8, 4) is 0 Å². The standard InChI is InChI=1S/C30H31ClN4OS2/c1-19(2)34(23-10-6-20(3)7-11-23)17-28(36)32-18-35-25-15-22(31)9-13-27(25)38-30(35)16-29-33(5)24-14-21(4)8-12-26(24)37-29/h6-16,19H,17-18H2,1-5H3/p+1. The van der Waals surface area contributed by atoms with Crippen LogP contribution >= 0.6 is 34.7 Å². The lowest BCUT2D eigenvalue weighted by atomic mass is 10.2. The van der Waals surface area contributed by atoms with Gasteiger partial charge in [0.25, 0.3) is 5.01 Å². The maximum absolute atomic E-state index is 13.2. The maximum Gasteiger partial charge on any atom is 0.265 e. The van der Waals surface area contributed by atoms with Gasteiger partial charge in [-0.3, -0.25) is 4.79 Å². The van der Waals surface area contributed by atoms with E-state index in [1.165, 1.54) is 21.3 Å². The van der Waals surface area contributed by atoms with Gasteiger partial charge in [-0.05, 0) is 69.7 Å². The van der Waals surface area contributed by atoms with Gasteiger partial charge in [0.15, 0.2) is 0 Å². The molecule has 0 aliphatic carbocycles. The molecule has 8 heteroatoms. The average molecular weight is 564 g/mol. The topological polar surface area (TPSA) is 39.5 Å². The van der Waals surface area contributed by atoms with E-state index in [0.717, 1.165) is 26.3 Å². The Hall–Kier alpha value is -3.00. The summed E-state index contributed by atoms with van der Waals surface area (Å²) in [5.74, 6) is -0.0259. The number of halogens is 1. The van der Waals surface area contributed by atoms with Gasteiger partial charge in [0.1, 0.15) is 11.7 Å². The van der Waals surface area contributed by atoms with E-state index in [-0.39, 0.29) is 18.5 Å². The number of hydrogen-bond donors (Lipinski definition) is 1. The van der Waals surface area contributed by atoms with E-state index in [1.807, 2.05) is 18.2 Å². The van der Waals surface area contributed by atoms with E-state index in [0.29, 0.717) is 11.7 Å². The van der Waals surface area contributed by atoms with Gasteiger partial charge in [0, 0.05) is 27.7 Å². The molecule has 0 saturated heterocycles. The quantitative estimate of drug-likeness (QED) is 0.248. The number of fused-ring (bicyclic) bond motifs is 2. The molecule has 5 rings (SSSR count). The summed E-state index contributed by atoms with van der Waals surface area (Å²) in [5.41, 5.74) is 5.71. The highest BCUT2D eigenvalue weighted by Crippen LogP contribution is 2.47. The Morgan fingerprint density at radius 2 is 1.82 bits per heavy atom. The summed E-state index contributed by atoms with van der Waals surface area (Å²) in [6.45, 7) is 9.05. The predicted molar refractivity (Wildman–Crippen MR) is 162 cm³/mol. The Kier molecular flexibility index (Phi) is 7.70. The van der Waals surface area contributed by atoms with Crippen molar-refractivity contribution in [1.29, 1.82) is 0 Å². The van der Waals surface area contributed by atoms with Crippen molar-refractivity contribution in [1.82, 2.24) is 5.32 Å². The minimum absolute atomic E-state index is 0.0259. The first-order chi connectivity index (χ1) is 18.2. The predicted octanol–water partition coefficient (Wildman–Crippen LogP) is 6.90. The first kappa shape index (κ1) is 26.6. The van der Waals surface area contributed by atoms with Crippen molar-refractivity contribution < 1.29 is 9.36 Å². The number of anilines is 2. The normalized spacial score (nSPS) is 14.0.